The number of aryl methyl sites for hydroxylation is 1. The fourth-order valence-corrected chi connectivity index (χ4v) is 5.07. The Morgan fingerprint density at radius 3 is 2.50 bits per heavy atom. The minimum absolute atomic E-state index is 0.0161. The lowest BCUT2D eigenvalue weighted by Crippen LogP contribution is -2.24. The number of benzene rings is 3. The van der Waals surface area contributed by atoms with Gasteiger partial charge in [-0.2, -0.15) is 0 Å². The monoisotopic (exact) mass is 491 g/mol. The van der Waals surface area contributed by atoms with Crippen molar-refractivity contribution < 1.29 is 4.79 Å². The molecule has 1 fully saturated rings. The second-order valence-corrected chi connectivity index (χ2v) is 9.78. The summed E-state index contributed by atoms with van der Waals surface area (Å²) in [5.74, 6) is 1.09. The second kappa shape index (κ2) is 9.81. The summed E-state index contributed by atoms with van der Waals surface area (Å²) in [5.41, 5.74) is 5.30. The number of rotatable bonds is 7. The highest BCUT2D eigenvalue weighted by atomic mass is 35.5. The highest BCUT2D eigenvalue weighted by molar-refractivity contribution is 6.42. The number of hydrogen-bond donors (Lipinski definition) is 0. The Morgan fingerprint density at radius 2 is 1.74 bits per heavy atom. The van der Waals surface area contributed by atoms with Crippen LogP contribution in [0.15, 0.2) is 66.7 Å². The number of carbonyl (C=O) groups excluding carboxylic acids is 1. The number of nitrogens with zero attached hydrogens (tertiary/aromatic N) is 3. The predicted molar refractivity (Wildman–Crippen MR) is 140 cm³/mol. The number of halogens is 2. The van der Waals surface area contributed by atoms with Crippen LogP contribution in [0.4, 0.5) is 5.69 Å². The average Bonchev–Trinajstić information content (AvgIpc) is 3.41. The van der Waals surface area contributed by atoms with Crippen molar-refractivity contribution in [1.82, 2.24) is 9.55 Å². The van der Waals surface area contributed by atoms with E-state index in [9.17, 15) is 4.79 Å². The fourth-order valence-electron chi connectivity index (χ4n) is 4.75. The van der Waals surface area contributed by atoms with Crippen molar-refractivity contribution in [2.45, 2.75) is 45.1 Å². The molecule has 1 aliphatic rings. The topological polar surface area (TPSA) is 38.1 Å². The summed E-state index contributed by atoms with van der Waals surface area (Å²) < 4.78 is 2.21. The van der Waals surface area contributed by atoms with Crippen LogP contribution in [0.2, 0.25) is 10.0 Å². The van der Waals surface area contributed by atoms with Crippen molar-refractivity contribution in [3.8, 4) is 0 Å². The molecule has 0 saturated carbocycles. The van der Waals surface area contributed by atoms with Gasteiger partial charge in [-0.1, -0.05) is 66.9 Å². The quantitative estimate of drug-likeness (QED) is 0.272. The van der Waals surface area contributed by atoms with Crippen molar-refractivity contribution >= 4 is 45.8 Å². The highest BCUT2D eigenvalue weighted by Crippen LogP contribution is 2.34. The minimum Gasteiger partial charge on any atom is -0.323 e. The molecule has 1 aliphatic heterocycles. The number of hydrogen-bond acceptors (Lipinski definition) is 2. The highest BCUT2D eigenvalue weighted by Gasteiger charge is 2.34. The molecule has 174 valence electrons. The van der Waals surface area contributed by atoms with E-state index >= 15 is 0 Å². The van der Waals surface area contributed by atoms with E-state index in [4.69, 9.17) is 28.2 Å². The van der Waals surface area contributed by atoms with Gasteiger partial charge < -0.3 is 9.47 Å². The molecule has 1 unspecified atom stereocenters. The Kier molecular flexibility index (Phi) is 6.62. The SMILES string of the molecule is CCCCc1ccc(N2CC(c3nc4ccccc4n3Cc3ccc(Cl)c(Cl)c3)CC2=O)cc1. The molecule has 2 heterocycles. The van der Waals surface area contributed by atoms with Gasteiger partial charge in [0, 0.05) is 31.1 Å². The van der Waals surface area contributed by atoms with Gasteiger partial charge in [-0.15, -0.1) is 0 Å². The summed E-state index contributed by atoms with van der Waals surface area (Å²) >= 11 is 12.4. The van der Waals surface area contributed by atoms with E-state index in [1.807, 2.05) is 41.3 Å². The Morgan fingerprint density at radius 1 is 0.971 bits per heavy atom. The van der Waals surface area contributed by atoms with Gasteiger partial charge in [0.2, 0.25) is 5.91 Å². The van der Waals surface area contributed by atoms with Gasteiger partial charge in [-0.3, -0.25) is 4.79 Å². The number of aromatic nitrogens is 2. The van der Waals surface area contributed by atoms with Crippen LogP contribution < -0.4 is 4.90 Å². The molecule has 5 rings (SSSR count). The van der Waals surface area contributed by atoms with Crippen LogP contribution in [-0.4, -0.2) is 22.0 Å². The third kappa shape index (κ3) is 4.57. The number of carbonyl (C=O) groups is 1. The molecule has 6 heteroatoms. The molecule has 4 nitrogen and oxygen atoms in total. The lowest BCUT2D eigenvalue weighted by molar-refractivity contribution is -0.117. The van der Waals surface area contributed by atoms with Gasteiger partial charge in [0.05, 0.1) is 21.1 Å². The minimum atomic E-state index is 0.0161. The summed E-state index contributed by atoms with van der Waals surface area (Å²) in [6.45, 7) is 3.44. The smallest absolute Gasteiger partial charge is 0.227 e. The molecule has 1 aromatic heterocycles. The van der Waals surface area contributed by atoms with Crippen LogP contribution in [0.5, 0.6) is 0 Å². The van der Waals surface area contributed by atoms with Gasteiger partial charge >= 0.3 is 0 Å². The van der Waals surface area contributed by atoms with Gasteiger partial charge in [0.25, 0.3) is 0 Å². The third-order valence-corrected chi connectivity index (χ3v) is 7.31. The largest absolute Gasteiger partial charge is 0.323 e. The van der Waals surface area contributed by atoms with Gasteiger partial charge in [-0.25, -0.2) is 4.98 Å². The summed E-state index contributed by atoms with van der Waals surface area (Å²) in [7, 11) is 0. The molecule has 3 aromatic carbocycles. The number of fused-ring (bicyclic) bond motifs is 1. The van der Waals surface area contributed by atoms with E-state index in [2.05, 4.69) is 41.8 Å². The normalized spacial score (nSPS) is 16.0. The first-order valence-electron chi connectivity index (χ1n) is 11.8. The Bertz CT molecular complexity index is 1330. The summed E-state index contributed by atoms with van der Waals surface area (Å²) in [6, 6.07) is 22.3. The van der Waals surface area contributed by atoms with Crippen molar-refractivity contribution in [3.05, 3.63) is 93.7 Å². The van der Waals surface area contributed by atoms with Gasteiger partial charge in [-0.05, 0) is 60.4 Å². The summed E-state index contributed by atoms with van der Waals surface area (Å²) in [4.78, 5) is 19.9. The van der Waals surface area contributed by atoms with E-state index in [1.165, 1.54) is 18.4 Å². The number of para-hydroxylation sites is 2. The molecular formula is C28H27Cl2N3O. The van der Waals surface area contributed by atoms with Crippen LogP contribution >= 0.6 is 23.2 Å². The molecular weight excluding hydrogens is 465 g/mol. The van der Waals surface area contributed by atoms with E-state index in [0.29, 0.717) is 29.6 Å². The Balaban J connectivity index is 1.44. The maximum atomic E-state index is 13.0. The van der Waals surface area contributed by atoms with Crippen molar-refractivity contribution in [1.29, 1.82) is 0 Å². The zero-order valence-corrected chi connectivity index (χ0v) is 20.7. The Hall–Kier alpha value is -2.82. The Labute approximate surface area is 210 Å². The molecule has 1 amide bonds. The van der Waals surface area contributed by atoms with Crippen molar-refractivity contribution in [2.75, 3.05) is 11.4 Å². The zero-order chi connectivity index (χ0) is 23.7. The van der Waals surface area contributed by atoms with Crippen LogP contribution in [0.3, 0.4) is 0 Å². The number of amides is 1. The van der Waals surface area contributed by atoms with Crippen LogP contribution in [0.25, 0.3) is 11.0 Å². The average molecular weight is 492 g/mol. The molecule has 0 spiro atoms. The first kappa shape index (κ1) is 22.9. The molecule has 0 N–H and O–H groups in total. The zero-order valence-electron chi connectivity index (χ0n) is 19.2. The third-order valence-electron chi connectivity index (χ3n) is 6.57. The maximum Gasteiger partial charge on any atom is 0.227 e. The maximum absolute atomic E-state index is 13.0. The summed E-state index contributed by atoms with van der Waals surface area (Å²) in [6.07, 6.45) is 3.88. The van der Waals surface area contributed by atoms with Crippen LogP contribution in [0.1, 0.15) is 49.1 Å². The van der Waals surface area contributed by atoms with E-state index in [1.54, 1.807) is 0 Å². The lowest BCUT2D eigenvalue weighted by atomic mass is 10.1. The molecule has 0 aliphatic carbocycles. The van der Waals surface area contributed by atoms with Crippen molar-refractivity contribution in [2.24, 2.45) is 0 Å². The molecule has 1 saturated heterocycles. The fraction of sp³-hybridized carbons (Fsp3) is 0.286. The van der Waals surface area contributed by atoms with Gasteiger partial charge in [0.15, 0.2) is 0 Å². The molecule has 34 heavy (non-hydrogen) atoms. The molecule has 1 atom stereocenters. The van der Waals surface area contributed by atoms with Gasteiger partial charge in [0.1, 0.15) is 5.82 Å². The first-order valence-corrected chi connectivity index (χ1v) is 12.6. The second-order valence-electron chi connectivity index (χ2n) is 8.97. The first-order chi connectivity index (χ1) is 16.5. The summed E-state index contributed by atoms with van der Waals surface area (Å²) in [5, 5.41) is 1.08. The van der Waals surface area contributed by atoms with E-state index < -0.39 is 0 Å². The van der Waals surface area contributed by atoms with E-state index in [-0.39, 0.29) is 11.8 Å². The number of anilines is 1. The molecule has 0 bridgehead atoms. The van der Waals surface area contributed by atoms with Crippen molar-refractivity contribution in [3.63, 3.8) is 0 Å². The number of unbranched alkanes of at least 4 members (excludes halogenated alkanes) is 1. The predicted octanol–water partition coefficient (Wildman–Crippen LogP) is 7.25. The standard InChI is InChI=1S/C28H27Cl2N3O/c1-2-3-6-19-9-12-22(13-10-19)32-18-21(16-27(32)34)28-31-25-7-4-5-8-26(25)33(28)17-20-11-14-23(29)24(30)15-20/h4-5,7-15,21H,2-3,6,16-18H2,1H3. The molecule has 0 radical (unpaired) electrons. The van der Waals surface area contributed by atoms with E-state index in [0.717, 1.165) is 34.5 Å². The van der Waals surface area contributed by atoms with Crippen LogP contribution in [-0.2, 0) is 17.8 Å². The number of imidazole rings is 1. The lowest BCUT2D eigenvalue weighted by Gasteiger charge is -2.18. The van der Waals surface area contributed by atoms with Crippen LogP contribution in [0, 0.1) is 0 Å². The molecule has 4 aromatic rings.